The van der Waals surface area contributed by atoms with Crippen molar-refractivity contribution in [2.45, 2.75) is 26.4 Å². The molecule has 3 unspecified atom stereocenters. The molecule has 2 rings (SSSR count). The summed E-state index contributed by atoms with van der Waals surface area (Å²) in [6, 6.07) is 0. The lowest BCUT2D eigenvalue weighted by atomic mass is 9.90. The minimum absolute atomic E-state index is 0.0575. The second-order valence-corrected chi connectivity index (χ2v) is 6.24. The minimum atomic E-state index is -0.720. The Morgan fingerprint density at radius 2 is 2.32 bits per heavy atom. The summed E-state index contributed by atoms with van der Waals surface area (Å²) in [5.41, 5.74) is 0.993. The first-order valence-corrected chi connectivity index (χ1v) is 7.24. The number of nitrogens with zero attached hydrogens (tertiary/aromatic N) is 1. The lowest BCUT2D eigenvalue weighted by Crippen LogP contribution is -2.24. The van der Waals surface area contributed by atoms with Gasteiger partial charge in [0.15, 0.2) is 0 Å². The number of carbonyl (C=O) groups is 1. The van der Waals surface area contributed by atoms with Crippen LogP contribution in [0.2, 0.25) is 0 Å². The Balaban J connectivity index is 2.11. The van der Waals surface area contributed by atoms with Gasteiger partial charge in [0.1, 0.15) is 0 Å². The van der Waals surface area contributed by atoms with Crippen LogP contribution < -0.4 is 5.32 Å². The van der Waals surface area contributed by atoms with Crippen molar-refractivity contribution in [3.63, 3.8) is 0 Å². The Bertz CT molecular complexity index is 461. The van der Waals surface area contributed by atoms with Gasteiger partial charge >= 0.3 is 5.97 Å². The van der Waals surface area contributed by atoms with Gasteiger partial charge in [-0.25, -0.2) is 4.98 Å². The van der Waals surface area contributed by atoms with Gasteiger partial charge in [-0.3, -0.25) is 4.79 Å². The first kappa shape index (κ1) is 14.4. The normalized spacial score (nSPS) is 24.6. The van der Waals surface area contributed by atoms with E-state index in [1.165, 1.54) is 0 Å². The largest absolute Gasteiger partial charge is 0.481 e. The Hall–Kier alpha value is -0.980. The average Bonchev–Trinajstić information content (AvgIpc) is 2.92. The number of nitrogens with one attached hydrogen (secondary N) is 1. The van der Waals surface area contributed by atoms with E-state index in [4.69, 9.17) is 4.74 Å². The smallest absolute Gasteiger partial charge is 0.308 e. The molecule has 2 N–H and O–H groups in total. The molecule has 0 spiro atoms. The molecular formula is C13H20N2O3S. The number of carboxylic acids is 1. The van der Waals surface area contributed by atoms with Gasteiger partial charge in [-0.15, -0.1) is 11.3 Å². The highest BCUT2D eigenvalue weighted by Crippen LogP contribution is 2.34. The van der Waals surface area contributed by atoms with E-state index in [1.54, 1.807) is 18.4 Å². The number of thiazole rings is 1. The summed E-state index contributed by atoms with van der Waals surface area (Å²) in [4.78, 5) is 16.7. The predicted molar refractivity (Wildman–Crippen MR) is 73.4 cm³/mol. The van der Waals surface area contributed by atoms with Crippen LogP contribution in [0.4, 0.5) is 0 Å². The van der Waals surface area contributed by atoms with E-state index in [2.05, 4.69) is 10.3 Å². The van der Waals surface area contributed by atoms with Crippen LogP contribution in [0.25, 0.3) is 0 Å². The van der Waals surface area contributed by atoms with Crippen LogP contribution in [0.5, 0.6) is 0 Å². The van der Waals surface area contributed by atoms with Crippen LogP contribution in [-0.4, -0.2) is 36.3 Å². The molecular weight excluding hydrogens is 264 g/mol. The van der Waals surface area contributed by atoms with Crippen molar-refractivity contribution in [2.24, 2.45) is 11.8 Å². The molecule has 0 aliphatic carbocycles. The van der Waals surface area contributed by atoms with E-state index >= 15 is 0 Å². The first-order valence-electron chi connectivity index (χ1n) is 6.43. The zero-order valence-electron chi connectivity index (χ0n) is 11.5. The van der Waals surface area contributed by atoms with Crippen LogP contribution in [0.1, 0.15) is 28.1 Å². The average molecular weight is 284 g/mol. The molecule has 6 heteroatoms. The summed E-state index contributed by atoms with van der Waals surface area (Å²) in [6.07, 6.45) is 0.668. The lowest BCUT2D eigenvalue weighted by molar-refractivity contribution is -0.142. The molecule has 0 amide bonds. The fourth-order valence-electron chi connectivity index (χ4n) is 2.70. The monoisotopic (exact) mass is 284 g/mol. The third kappa shape index (κ3) is 3.13. The molecule has 1 aromatic rings. The summed E-state index contributed by atoms with van der Waals surface area (Å²) in [7, 11) is 1.68. The third-order valence-corrected chi connectivity index (χ3v) is 4.86. The van der Waals surface area contributed by atoms with Crippen molar-refractivity contribution in [3.05, 3.63) is 15.6 Å². The van der Waals surface area contributed by atoms with Crippen molar-refractivity contribution in [1.29, 1.82) is 0 Å². The number of hydrogen-bond donors (Lipinski definition) is 2. The second kappa shape index (κ2) is 5.98. The van der Waals surface area contributed by atoms with E-state index in [-0.39, 0.29) is 17.9 Å². The van der Waals surface area contributed by atoms with Crippen LogP contribution in [0, 0.1) is 25.7 Å². The standard InChI is InChI=1S/C13H20N2O3S/c1-7-12(19-8(2)15-7)11(18-3)4-9-5-14-6-10(9)13(16)17/h9-11,14H,4-6H2,1-3H3,(H,16,17). The van der Waals surface area contributed by atoms with Crippen LogP contribution in [-0.2, 0) is 9.53 Å². The van der Waals surface area contributed by atoms with Gasteiger partial charge in [0.05, 0.1) is 27.6 Å². The maximum Gasteiger partial charge on any atom is 0.308 e. The maximum atomic E-state index is 11.2. The molecule has 19 heavy (non-hydrogen) atoms. The minimum Gasteiger partial charge on any atom is -0.481 e. The van der Waals surface area contributed by atoms with Crippen LogP contribution in [0.3, 0.4) is 0 Å². The Kier molecular flexibility index (Phi) is 4.54. The third-order valence-electron chi connectivity index (χ3n) is 3.69. The zero-order chi connectivity index (χ0) is 14.0. The van der Waals surface area contributed by atoms with Gasteiger partial charge in [-0.2, -0.15) is 0 Å². The predicted octanol–water partition coefficient (Wildman–Crippen LogP) is 1.76. The quantitative estimate of drug-likeness (QED) is 0.862. The second-order valence-electron chi connectivity index (χ2n) is 5.01. The number of rotatable bonds is 5. The number of aryl methyl sites for hydroxylation is 2. The fourth-order valence-corrected chi connectivity index (χ4v) is 3.72. The van der Waals surface area contributed by atoms with Crippen molar-refractivity contribution >= 4 is 17.3 Å². The zero-order valence-corrected chi connectivity index (χ0v) is 12.3. The van der Waals surface area contributed by atoms with E-state index in [0.717, 1.165) is 28.5 Å². The first-order chi connectivity index (χ1) is 9.02. The number of aromatic nitrogens is 1. The van der Waals surface area contributed by atoms with Gasteiger partial charge in [0, 0.05) is 13.7 Å². The molecule has 1 aromatic heterocycles. The van der Waals surface area contributed by atoms with Crippen molar-refractivity contribution in [2.75, 3.05) is 20.2 Å². The Morgan fingerprint density at radius 3 is 2.84 bits per heavy atom. The van der Waals surface area contributed by atoms with E-state index < -0.39 is 5.97 Å². The SMILES string of the molecule is COC(CC1CNCC1C(=O)O)c1sc(C)nc1C. The molecule has 1 aliphatic heterocycles. The summed E-state index contributed by atoms with van der Waals surface area (Å²) in [5.74, 6) is -0.918. The van der Waals surface area contributed by atoms with E-state index in [0.29, 0.717) is 6.54 Å². The van der Waals surface area contributed by atoms with Crippen molar-refractivity contribution in [3.8, 4) is 0 Å². The lowest BCUT2D eigenvalue weighted by Gasteiger charge is -2.21. The van der Waals surface area contributed by atoms with E-state index in [1.807, 2.05) is 13.8 Å². The van der Waals surface area contributed by atoms with Crippen molar-refractivity contribution in [1.82, 2.24) is 10.3 Å². The van der Waals surface area contributed by atoms with Gasteiger partial charge in [0.2, 0.25) is 0 Å². The highest BCUT2D eigenvalue weighted by atomic mass is 32.1. The molecule has 3 atom stereocenters. The molecule has 0 aromatic carbocycles. The van der Waals surface area contributed by atoms with E-state index in [9.17, 15) is 9.90 Å². The van der Waals surface area contributed by atoms with Crippen LogP contribution in [0.15, 0.2) is 0 Å². The molecule has 5 nitrogen and oxygen atoms in total. The molecule has 1 fully saturated rings. The Labute approximate surface area is 117 Å². The highest BCUT2D eigenvalue weighted by molar-refractivity contribution is 7.11. The van der Waals surface area contributed by atoms with Crippen LogP contribution >= 0.6 is 11.3 Å². The molecule has 0 saturated carbocycles. The fraction of sp³-hybridized carbons (Fsp3) is 0.692. The molecule has 1 aliphatic rings. The maximum absolute atomic E-state index is 11.2. The molecule has 106 valence electrons. The Morgan fingerprint density at radius 1 is 1.58 bits per heavy atom. The topological polar surface area (TPSA) is 71.5 Å². The molecule has 0 radical (unpaired) electrons. The summed E-state index contributed by atoms with van der Waals surface area (Å²) >= 11 is 1.64. The van der Waals surface area contributed by atoms with Gasteiger partial charge < -0.3 is 15.2 Å². The van der Waals surface area contributed by atoms with Gasteiger partial charge in [-0.1, -0.05) is 0 Å². The highest BCUT2D eigenvalue weighted by Gasteiger charge is 2.35. The summed E-state index contributed by atoms with van der Waals surface area (Å²) < 4.78 is 5.57. The van der Waals surface area contributed by atoms with Crippen molar-refractivity contribution < 1.29 is 14.6 Å². The van der Waals surface area contributed by atoms with Gasteiger partial charge in [0.25, 0.3) is 0 Å². The summed E-state index contributed by atoms with van der Waals surface area (Å²) in [6.45, 7) is 5.25. The van der Waals surface area contributed by atoms with Gasteiger partial charge in [-0.05, 0) is 32.7 Å². The number of methoxy groups -OCH3 is 1. The molecule has 2 heterocycles. The molecule has 0 bridgehead atoms. The number of ether oxygens (including phenoxy) is 1. The molecule has 1 saturated heterocycles. The summed E-state index contributed by atoms with van der Waals surface area (Å²) in [5, 5.41) is 13.4. The number of carboxylic acid groups (broad SMARTS) is 1. The number of aliphatic carboxylic acids is 1. The number of hydrogen-bond acceptors (Lipinski definition) is 5.